The molecule has 0 spiro atoms. The monoisotopic (exact) mass is 1100 g/mol. The van der Waals surface area contributed by atoms with Gasteiger partial charge in [-0.25, -0.2) is 37.1 Å². The zero-order chi connectivity index (χ0) is 56.9. The van der Waals surface area contributed by atoms with Gasteiger partial charge < -0.3 is 40.2 Å². The maximum absolute atomic E-state index is 16.1. The van der Waals surface area contributed by atoms with Crippen molar-refractivity contribution in [3.63, 3.8) is 0 Å². The maximum atomic E-state index is 16.1. The molecular weight excluding hydrogens is 1040 g/mol. The minimum absolute atomic E-state index is 0.131. The molecule has 3 unspecified atom stereocenters. The number of nitrogens with zero attached hydrogens (tertiary/aromatic N) is 5. The molecule has 3 fully saturated rings. The predicted octanol–water partition coefficient (Wildman–Crippen LogP) is 5.81. The Labute approximate surface area is 447 Å². The number of hydrazine groups is 1. The molecule has 3 saturated heterocycles. The van der Waals surface area contributed by atoms with E-state index in [0.717, 1.165) is 82.4 Å². The molecule has 7 rings (SSSR count). The molecule has 24 heteroatoms. The number of ether oxygens (including phenoxy) is 3. The number of pyridine rings is 1. The van der Waals surface area contributed by atoms with E-state index in [9.17, 15) is 46.2 Å². The number of halogens is 7. The van der Waals surface area contributed by atoms with E-state index in [4.69, 9.17) is 14.5 Å². The number of alkyl halides is 5. The molecule has 2 bridgehead atoms. The quantitative estimate of drug-likeness (QED) is 0.0583. The van der Waals surface area contributed by atoms with Crippen LogP contribution >= 0.6 is 0 Å². The van der Waals surface area contributed by atoms with Crippen molar-refractivity contribution in [3.8, 4) is 11.8 Å². The highest BCUT2D eigenvalue weighted by Gasteiger charge is 2.56. The molecule has 4 aliphatic heterocycles. The van der Waals surface area contributed by atoms with Gasteiger partial charge in [-0.1, -0.05) is 50.8 Å². The number of anilines is 1. The Morgan fingerprint density at radius 3 is 1.94 bits per heavy atom. The zero-order valence-corrected chi connectivity index (χ0v) is 44.1. The van der Waals surface area contributed by atoms with E-state index in [2.05, 4.69) is 47.4 Å². The van der Waals surface area contributed by atoms with Crippen LogP contribution in [0.25, 0.3) is 0 Å². The third-order valence-corrected chi connectivity index (χ3v) is 14.4. The number of carbonyl (C=O) groups is 4. The number of aliphatic hydroxyl groups is 1. The third kappa shape index (κ3) is 14.1. The molecule has 78 heavy (non-hydrogen) atoms. The van der Waals surface area contributed by atoms with Crippen LogP contribution in [0, 0.1) is 34.3 Å². The van der Waals surface area contributed by atoms with Crippen LogP contribution in [-0.2, 0) is 36.8 Å². The van der Waals surface area contributed by atoms with E-state index in [1.54, 1.807) is 51.2 Å². The van der Waals surface area contributed by atoms with Crippen LogP contribution in [0.2, 0.25) is 0 Å². The van der Waals surface area contributed by atoms with Crippen molar-refractivity contribution < 1.29 is 69.2 Å². The highest BCUT2D eigenvalue weighted by atomic mass is 19.4. The van der Waals surface area contributed by atoms with Crippen LogP contribution in [0.1, 0.15) is 75.3 Å². The number of aromatic nitrogens is 1. The lowest BCUT2D eigenvalue weighted by Crippen LogP contribution is -2.63. The number of hydrogen-bond acceptors (Lipinski definition) is 13. The van der Waals surface area contributed by atoms with Gasteiger partial charge in [0.05, 0.1) is 56.7 Å². The Bertz CT molecular complexity index is 2740. The van der Waals surface area contributed by atoms with Crippen LogP contribution < -0.4 is 26.3 Å². The number of hydrogen-bond donors (Lipinski definition) is 5. The fourth-order valence-corrected chi connectivity index (χ4v) is 9.76. The number of amides is 4. The van der Waals surface area contributed by atoms with Gasteiger partial charge in [-0.2, -0.15) is 13.2 Å². The summed E-state index contributed by atoms with van der Waals surface area (Å²) < 4.78 is 117. The Morgan fingerprint density at radius 2 is 1.42 bits per heavy atom. The summed E-state index contributed by atoms with van der Waals surface area (Å²) in [6.07, 6.45) is -6.38. The van der Waals surface area contributed by atoms with E-state index in [0.29, 0.717) is 48.7 Å². The Morgan fingerprint density at radius 1 is 0.833 bits per heavy atom. The maximum Gasteiger partial charge on any atom is 0.407 e. The van der Waals surface area contributed by atoms with Crippen LogP contribution in [0.4, 0.5) is 46.1 Å². The van der Waals surface area contributed by atoms with Crippen LogP contribution in [0.5, 0.6) is 0 Å². The first-order valence-electron chi connectivity index (χ1n) is 25.2. The lowest BCUT2D eigenvalue weighted by atomic mass is 9.82. The Hall–Kier alpha value is -6.81. The summed E-state index contributed by atoms with van der Waals surface area (Å²) in [5, 5.41) is 19.7. The smallest absolute Gasteiger partial charge is 0.407 e. The Balaban J connectivity index is 1.15. The van der Waals surface area contributed by atoms with Crippen molar-refractivity contribution in [2.75, 3.05) is 52.0 Å². The molecule has 7 atom stereocenters. The Kier molecular flexibility index (Phi) is 18.5. The molecule has 4 amide bonds. The second-order valence-electron chi connectivity index (χ2n) is 21.4. The van der Waals surface area contributed by atoms with Gasteiger partial charge in [0.1, 0.15) is 35.6 Å². The average molecular weight is 1100 g/mol. The van der Waals surface area contributed by atoms with Gasteiger partial charge in [-0.3, -0.25) is 24.9 Å². The van der Waals surface area contributed by atoms with Crippen molar-refractivity contribution in [2.45, 2.75) is 121 Å². The first-order valence-corrected chi connectivity index (χ1v) is 25.2. The van der Waals surface area contributed by atoms with Gasteiger partial charge in [0.15, 0.2) is 0 Å². The number of carbonyl (C=O) groups excluding carboxylic acids is 4. The molecule has 0 radical (unpaired) electrons. The molecule has 17 nitrogen and oxygen atoms in total. The first kappa shape index (κ1) is 58.9. The van der Waals surface area contributed by atoms with Gasteiger partial charge in [0, 0.05) is 66.7 Å². The topological polar surface area (TPSA) is 199 Å². The largest absolute Gasteiger partial charge is 0.453 e. The van der Waals surface area contributed by atoms with E-state index in [1.807, 2.05) is 17.4 Å². The van der Waals surface area contributed by atoms with Crippen LogP contribution in [0.3, 0.4) is 0 Å². The third-order valence-electron chi connectivity index (χ3n) is 14.4. The molecule has 5 heterocycles. The van der Waals surface area contributed by atoms with E-state index < -0.39 is 108 Å². The second-order valence-corrected chi connectivity index (χ2v) is 21.4. The fourth-order valence-electron chi connectivity index (χ4n) is 9.76. The summed E-state index contributed by atoms with van der Waals surface area (Å²) in [6.45, 7) is 7.71. The normalized spacial score (nSPS) is 20.2. The molecule has 5 N–H and O–H groups in total. The molecule has 1 aromatic heterocycles. The number of aliphatic hydroxyl groups excluding tert-OH is 1. The van der Waals surface area contributed by atoms with Crippen molar-refractivity contribution in [3.05, 3.63) is 106 Å². The number of alkyl carbamates (subject to hydrolysis) is 2. The predicted molar refractivity (Wildman–Crippen MR) is 272 cm³/mol. The summed E-state index contributed by atoms with van der Waals surface area (Å²) in [5.41, 5.74) is -0.956. The SMILES string of the molecule is COC(=O)N[C@H](C(=O)NN(Cc1c(F)cc(C2=NC(C(F)F)C=C2)cc1F)C[C@H](O)[C@H](Cc1ccc(C#Cc2ccc(N3CC4CCC(C3)N4C3COC3)nc2)cc1)NC(=O)[C@@H](NC(=O)OC)C(C)(C)C(F)(F)F)C(C)(C)C. The van der Waals surface area contributed by atoms with E-state index >= 15 is 8.78 Å². The minimum Gasteiger partial charge on any atom is -0.453 e. The molecule has 4 aliphatic rings. The summed E-state index contributed by atoms with van der Waals surface area (Å²) >= 11 is 0. The summed E-state index contributed by atoms with van der Waals surface area (Å²) in [6, 6.07) is 6.46. The number of rotatable bonds is 18. The first-order chi connectivity index (χ1) is 36.8. The standard InChI is InChI=1S/C54H64F7N9O8/c1-52(2,3)45(65-50(74)76-6)49(73)67-69(26-37-38(55)21-33(22-39(37)56)40-17-18-41(63-40)47(57)58)27-43(71)42(64-48(72)46(66-51(75)77-7)53(4,5)54(59,60)61)20-31-11-8-30(9-12-31)10-13-32-14-19-44(62-23-32)68-24-34-15-16-35(25-68)70(34)36-28-78-29-36/h8-9,11-12,14,17-19,21-23,34-36,41-43,45-47,71H,15-16,20,24-29H2,1-7H3,(H,64,72)(H,65,74)(H,66,75)(H,67,73)/t34?,35?,41?,42-,43-,45+,46+/m0/s1. The number of benzene rings is 2. The van der Waals surface area contributed by atoms with E-state index in [-0.39, 0.29) is 17.7 Å². The van der Waals surface area contributed by atoms with Crippen molar-refractivity contribution in [2.24, 2.45) is 15.8 Å². The zero-order valence-electron chi connectivity index (χ0n) is 44.1. The highest BCUT2D eigenvalue weighted by molar-refractivity contribution is 6.10. The molecular formula is C54H64F7N9O8. The number of aliphatic imine (C=N–C) groups is 1. The van der Waals surface area contributed by atoms with Crippen molar-refractivity contribution >= 4 is 35.5 Å². The highest BCUT2D eigenvalue weighted by Crippen LogP contribution is 2.41. The average Bonchev–Trinajstić information content (AvgIpc) is 3.97. The number of piperazine rings is 1. The summed E-state index contributed by atoms with van der Waals surface area (Å²) in [5.74, 6) is 2.19. The number of fused-ring (bicyclic) bond motifs is 2. The van der Waals surface area contributed by atoms with Crippen molar-refractivity contribution in [1.29, 1.82) is 0 Å². The molecule has 0 aliphatic carbocycles. The van der Waals surface area contributed by atoms with Crippen LogP contribution in [-0.4, -0.2) is 158 Å². The van der Waals surface area contributed by atoms with Crippen LogP contribution in [0.15, 0.2) is 71.9 Å². The van der Waals surface area contributed by atoms with Gasteiger partial charge >= 0.3 is 18.4 Å². The summed E-state index contributed by atoms with van der Waals surface area (Å²) in [4.78, 5) is 66.4. The minimum atomic E-state index is -5.09. The lowest BCUT2D eigenvalue weighted by Gasteiger charge is -2.47. The molecule has 3 aromatic rings. The van der Waals surface area contributed by atoms with E-state index in [1.165, 1.54) is 6.08 Å². The number of methoxy groups -OCH3 is 2. The van der Waals surface area contributed by atoms with Gasteiger partial charge in [0.25, 0.3) is 12.3 Å². The van der Waals surface area contributed by atoms with Gasteiger partial charge in [-0.15, -0.1) is 0 Å². The number of nitrogens with one attached hydrogen (secondary N) is 4. The van der Waals surface area contributed by atoms with Gasteiger partial charge in [-0.05, 0) is 86.6 Å². The van der Waals surface area contributed by atoms with Crippen molar-refractivity contribution in [1.82, 2.24) is 36.3 Å². The summed E-state index contributed by atoms with van der Waals surface area (Å²) in [7, 11) is 1.93. The molecule has 2 aromatic carbocycles. The second kappa shape index (κ2) is 24.5. The lowest BCUT2D eigenvalue weighted by molar-refractivity contribution is -0.220. The fraction of sp³-hybridized carbons (Fsp3) is 0.519. The van der Waals surface area contributed by atoms with Gasteiger partial charge in [0.2, 0.25) is 5.91 Å². The molecule has 0 saturated carbocycles. The number of allylic oxidation sites excluding steroid dienone is 1. The molecule has 422 valence electrons.